The molecule has 0 saturated carbocycles. The summed E-state index contributed by atoms with van der Waals surface area (Å²) in [5.74, 6) is 0. The van der Waals surface area contributed by atoms with E-state index in [0.29, 0.717) is 0 Å². The van der Waals surface area contributed by atoms with Crippen LogP contribution >= 0.6 is 0 Å². The molecule has 2 aromatic rings. The van der Waals surface area contributed by atoms with E-state index < -0.39 is 0 Å². The predicted octanol–water partition coefficient (Wildman–Crippen LogP) is 3.11. The predicted molar refractivity (Wildman–Crippen MR) is 77.8 cm³/mol. The van der Waals surface area contributed by atoms with Crippen LogP contribution in [-0.2, 0) is 0 Å². The summed E-state index contributed by atoms with van der Waals surface area (Å²) in [6, 6.07) is 14.6. The molecule has 0 spiro atoms. The Bertz CT molecular complexity index is 635. The maximum absolute atomic E-state index is 3.19. The first-order valence-electron chi connectivity index (χ1n) is 6.30. The number of dihydropyridines is 1. The van der Waals surface area contributed by atoms with Crippen molar-refractivity contribution in [2.75, 3.05) is 0 Å². The van der Waals surface area contributed by atoms with Crippen molar-refractivity contribution in [2.24, 2.45) is 0 Å². The second-order valence-corrected chi connectivity index (χ2v) is 4.35. The molecule has 1 aromatic carbocycles. The zero-order chi connectivity index (χ0) is 12.9. The summed E-state index contributed by atoms with van der Waals surface area (Å²) in [4.78, 5) is 0. The minimum absolute atomic E-state index is 1.07. The molecule has 1 aromatic heterocycles. The number of aromatic nitrogens is 1. The van der Waals surface area contributed by atoms with Gasteiger partial charge in [0, 0.05) is 18.3 Å². The van der Waals surface area contributed by atoms with Crippen LogP contribution < -0.4 is 9.88 Å². The topological polar surface area (TPSA) is 15.9 Å². The number of allylic oxidation sites excluding steroid dienone is 3. The van der Waals surface area contributed by atoms with E-state index in [0.717, 1.165) is 5.70 Å². The van der Waals surface area contributed by atoms with Gasteiger partial charge >= 0.3 is 0 Å². The van der Waals surface area contributed by atoms with Crippen LogP contribution in [0.3, 0.4) is 0 Å². The summed E-state index contributed by atoms with van der Waals surface area (Å²) in [5, 5.41) is 3.19. The van der Waals surface area contributed by atoms with Gasteiger partial charge in [0.1, 0.15) is 5.70 Å². The van der Waals surface area contributed by atoms with Crippen LogP contribution in [0.5, 0.6) is 0 Å². The molecule has 3 rings (SSSR count). The highest BCUT2D eigenvalue weighted by Gasteiger charge is 2.02. The SMILES string of the molecule is C1=CN/C(=C/[n+]2ccc(-c3ccccc3)cc2)C=C1. The van der Waals surface area contributed by atoms with Crippen LogP contribution in [0, 0.1) is 0 Å². The van der Waals surface area contributed by atoms with Gasteiger partial charge in [-0.25, -0.2) is 0 Å². The van der Waals surface area contributed by atoms with E-state index in [4.69, 9.17) is 0 Å². The third-order valence-corrected chi connectivity index (χ3v) is 2.98. The van der Waals surface area contributed by atoms with Crippen molar-refractivity contribution in [3.63, 3.8) is 0 Å². The summed E-state index contributed by atoms with van der Waals surface area (Å²) >= 11 is 0. The highest BCUT2D eigenvalue weighted by atomic mass is 14.9. The van der Waals surface area contributed by atoms with E-state index in [1.807, 2.05) is 35.1 Å². The number of rotatable bonds is 2. The number of hydrogen-bond donors (Lipinski definition) is 1. The average molecular weight is 247 g/mol. The minimum atomic E-state index is 1.07. The molecule has 0 amide bonds. The van der Waals surface area contributed by atoms with Crippen LogP contribution in [0.1, 0.15) is 0 Å². The van der Waals surface area contributed by atoms with Gasteiger partial charge in [-0.2, -0.15) is 4.57 Å². The monoisotopic (exact) mass is 247 g/mol. The van der Waals surface area contributed by atoms with E-state index in [-0.39, 0.29) is 0 Å². The molecule has 0 aliphatic carbocycles. The Morgan fingerprint density at radius 3 is 2.26 bits per heavy atom. The lowest BCUT2D eigenvalue weighted by Crippen LogP contribution is -2.26. The molecular weight excluding hydrogens is 232 g/mol. The average Bonchev–Trinajstić information content (AvgIpc) is 2.50. The summed E-state index contributed by atoms with van der Waals surface area (Å²) in [6.45, 7) is 0. The molecule has 0 fully saturated rings. The molecule has 0 atom stereocenters. The van der Waals surface area contributed by atoms with Crippen molar-refractivity contribution < 1.29 is 4.57 Å². The lowest BCUT2D eigenvalue weighted by molar-refractivity contribution is -0.568. The van der Waals surface area contributed by atoms with Gasteiger partial charge in [-0.15, -0.1) is 0 Å². The number of benzene rings is 1. The maximum atomic E-state index is 3.19. The molecule has 1 aliphatic heterocycles. The summed E-state index contributed by atoms with van der Waals surface area (Å²) in [6.07, 6.45) is 14.1. The Kier molecular flexibility index (Phi) is 3.24. The molecular formula is C17H15N2+. The normalized spacial score (nSPS) is 15.5. The van der Waals surface area contributed by atoms with Gasteiger partial charge in [0.15, 0.2) is 18.6 Å². The fourth-order valence-corrected chi connectivity index (χ4v) is 2.00. The standard InChI is InChI=1S/C17H15N2/c1-2-6-15(7-3-1)16-9-12-19(13-10-16)14-17-8-4-5-11-18-17/h1-14,18H/q+1/b17-14+. The van der Waals surface area contributed by atoms with Crippen LogP contribution in [-0.4, -0.2) is 0 Å². The maximum Gasteiger partial charge on any atom is 0.198 e. The molecule has 92 valence electrons. The quantitative estimate of drug-likeness (QED) is 0.806. The van der Waals surface area contributed by atoms with Crippen LogP contribution in [0.4, 0.5) is 0 Å². The molecule has 1 aliphatic rings. The summed E-state index contributed by atoms with van der Waals surface area (Å²) in [7, 11) is 0. The van der Waals surface area contributed by atoms with E-state index >= 15 is 0 Å². The van der Waals surface area contributed by atoms with Crippen LogP contribution in [0.2, 0.25) is 0 Å². The summed E-state index contributed by atoms with van der Waals surface area (Å²) < 4.78 is 2.04. The van der Waals surface area contributed by atoms with Crippen LogP contribution in [0.15, 0.2) is 85.0 Å². The third kappa shape index (κ3) is 2.80. The molecule has 2 nitrogen and oxygen atoms in total. The fraction of sp³-hybridized carbons (Fsp3) is 0. The van der Waals surface area contributed by atoms with Crippen molar-refractivity contribution in [1.29, 1.82) is 0 Å². The molecule has 0 saturated heterocycles. The Balaban J connectivity index is 1.83. The van der Waals surface area contributed by atoms with Gasteiger partial charge in [0.25, 0.3) is 0 Å². The van der Waals surface area contributed by atoms with Crippen LogP contribution in [0.25, 0.3) is 17.3 Å². The fourth-order valence-electron chi connectivity index (χ4n) is 2.00. The van der Waals surface area contributed by atoms with Gasteiger partial charge in [0.05, 0.1) is 0 Å². The number of pyridine rings is 1. The Labute approximate surface area is 113 Å². The minimum Gasteiger partial charge on any atom is -0.357 e. The van der Waals surface area contributed by atoms with Gasteiger partial charge in [-0.05, 0) is 23.3 Å². The van der Waals surface area contributed by atoms with E-state index in [1.165, 1.54) is 11.1 Å². The number of hydrogen-bond acceptors (Lipinski definition) is 1. The van der Waals surface area contributed by atoms with Crippen molar-refractivity contribution in [3.05, 3.63) is 85.0 Å². The van der Waals surface area contributed by atoms with Gasteiger partial charge in [0.2, 0.25) is 0 Å². The highest BCUT2D eigenvalue weighted by molar-refractivity contribution is 5.62. The molecule has 0 bridgehead atoms. The first-order chi connectivity index (χ1) is 9.42. The Hall–Kier alpha value is -2.61. The molecule has 1 N–H and O–H groups in total. The lowest BCUT2D eigenvalue weighted by Gasteiger charge is -2.02. The zero-order valence-corrected chi connectivity index (χ0v) is 10.5. The van der Waals surface area contributed by atoms with Crippen molar-refractivity contribution >= 4 is 6.20 Å². The first-order valence-corrected chi connectivity index (χ1v) is 6.30. The Morgan fingerprint density at radius 2 is 1.58 bits per heavy atom. The highest BCUT2D eigenvalue weighted by Crippen LogP contribution is 2.16. The number of nitrogens with zero attached hydrogens (tertiary/aromatic N) is 1. The van der Waals surface area contributed by atoms with Crippen molar-refractivity contribution in [3.8, 4) is 11.1 Å². The molecule has 19 heavy (non-hydrogen) atoms. The summed E-state index contributed by atoms with van der Waals surface area (Å²) in [5.41, 5.74) is 3.53. The lowest BCUT2D eigenvalue weighted by atomic mass is 10.1. The number of nitrogens with one attached hydrogen (secondary N) is 1. The smallest absolute Gasteiger partial charge is 0.198 e. The first kappa shape index (κ1) is 11.5. The van der Waals surface area contributed by atoms with Gasteiger partial charge < -0.3 is 5.32 Å². The molecule has 0 radical (unpaired) electrons. The largest absolute Gasteiger partial charge is 0.357 e. The third-order valence-electron chi connectivity index (χ3n) is 2.98. The molecule has 2 heteroatoms. The second-order valence-electron chi connectivity index (χ2n) is 4.35. The molecule has 0 unspecified atom stereocenters. The van der Waals surface area contributed by atoms with E-state index in [9.17, 15) is 0 Å². The van der Waals surface area contributed by atoms with Gasteiger partial charge in [-0.3, -0.25) is 0 Å². The van der Waals surface area contributed by atoms with E-state index in [1.54, 1.807) is 0 Å². The molecule has 2 heterocycles. The zero-order valence-electron chi connectivity index (χ0n) is 10.5. The second kappa shape index (κ2) is 5.36. The van der Waals surface area contributed by atoms with E-state index in [2.05, 4.69) is 60.3 Å². The van der Waals surface area contributed by atoms with Crippen molar-refractivity contribution in [1.82, 2.24) is 5.32 Å². The van der Waals surface area contributed by atoms with Gasteiger partial charge in [-0.1, -0.05) is 36.4 Å². The van der Waals surface area contributed by atoms with Crippen molar-refractivity contribution in [2.45, 2.75) is 0 Å². The Morgan fingerprint density at radius 1 is 0.842 bits per heavy atom.